The Hall–Kier alpha value is -3.20. The lowest BCUT2D eigenvalue weighted by molar-refractivity contribution is -0.130. The first-order valence-corrected chi connectivity index (χ1v) is 7.76. The van der Waals surface area contributed by atoms with Gasteiger partial charge in [0.25, 0.3) is 0 Å². The Kier molecular flexibility index (Phi) is 3.47. The Labute approximate surface area is 139 Å². The number of fused-ring (bicyclic) bond motifs is 1. The van der Waals surface area contributed by atoms with E-state index in [1.165, 1.54) is 10.9 Å². The Bertz CT molecular complexity index is 1000. The molecule has 24 heavy (non-hydrogen) atoms. The molecule has 0 fully saturated rings. The summed E-state index contributed by atoms with van der Waals surface area (Å²) in [6, 6.07) is 17.9. The number of rotatable bonds is 2. The lowest BCUT2D eigenvalue weighted by atomic mass is 10.0. The molecule has 3 heteroatoms. The Morgan fingerprint density at radius 3 is 2.67 bits per heavy atom. The molecule has 0 atom stereocenters. The van der Waals surface area contributed by atoms with Gasteiger partial charge >= 0.3 is 5.97 Å². The number of carbonyl (C=O) groups excluding carboxylic acids is 1. The summed E-state index contributed by atoms with van der Waals surface area (Å²) in [6.07, 6.45) is 5.20. The molecule has 0 radical (unpaired) electrons. The normalized spacial score (nSPS) is 15.6. The predicted molar refractivity (Wildman–Crippen MR) is 95.0 cm³/mol. The van der Waals surface area contributed by atoms with Gasteiger partial charge in [0.1, 0.15) is 5.76 Å². The van der Waals surface area contributed by atoms with Crippen molar-refractivity contribution in [3.05, 3.63) is 89.3 Å². The van der Waals surface area contributed by atoms with Crippen molar-refractivity contribution in [1.29, 1.82) is 0 Å². The molecule has 1 aliphatic heterocycles. The predicted octanol–water partition coefficient (Wildman–Crippen LogP) is 4.52. The van der Waals surface area contributed by atoms with E-state index in [0.717, 1.165) is 16.6 Å². The van der Waals surface area contributed by atoms with Crippen LogP contribution in [-0.4, -0.2) is 11.0 Å². The molecule has 2 aromatic carbocycles. The van der Waals surface area contributed by atoms with Crippen LogP contribution in [0.5, 0.6) is 0 Å². The van der Waals surface area contributed by atoms with E-state index in [1.54, 1.807) is 18.3 Å². The van der Waals surface area contributed by atoms with E-state index in [1.807, 2.05) is 36.4 Å². The zero-order chi connectivity index (χ0) is 16.5. The van der Waals surface area contributed by atoms with Crippen LogP contribution in [0.25, 0.3) is 22.6 Å². The third kappa shape index (κ3) is 2.72. The zero-order valence-electron chi connectivity index (χ0n) is 13.2. The van der Waals surface area contributed by atoms with Crippen molar-refractivity contribution < 1.29 is 9.53 Å². The summed E-state index contributed by atoms with van der Waals surface area (Å²) in [5, 5.41) is 2.30. The summed E-state index contributed by atoms with van der Waals surface area (Å²) in [6.45, 7) is 2.07. The van der Waals surface area contributed by atoms with Gasteiger partial charge in [-0.25, -0.2) is 4.79 Å². The van der Waals surface area contributed by atoms with Crippen molar-refractivity contribution in [2.24, 2.45) is 0 Å². The fourth-order valence-electron chi connectivity index (χ4n) is 2.77. The standard InChI is InChI=1S/C21H15NO2/c1-14-5-6-16-11-17(8-7-15(16)10-14)20-13-18(21(23)24-20)12-19-4-2-3-9-22-19/h2-13H,1H3/b18-12-. The maximum Gasteiger partial charge on any atom is 0.343 e. The average molecular weight is 313 g/mol. The number of hydrogen-bond donors (Lipinski definition) is 0. The lowest BCUT2D eigenvalue weighted by Gasteiger charge is -2.05. The molecule has 0 unspecified atom stereocenters. The second-order valence-corrected chi connectivity index (χ2v) is 5.82. The summed E-state index contributed by atoms with van der Waals surface area (Å²) >= 11 is 0. The first kappa shape index (κ1) is 14.4. The Morgan fingerprint density at radius 2 is 1.83 bits per heavy atom. The van der Waals surface area contributed by atoms with E-state index in [2.05, 4.69) is 30.1 Å². The number of aromatic nitrogens is 1. The molecule has 1 aromatic heterocycles. The molecule has 0 spiro atoms. The van der Waals surface area contributed by atoms with Gasteiger partial charge in [0, 0.05) is 11.8 Å². The third-order valence-corrected chi connectivity index (χ3v) is 4.00. The summed E-state index contributed by atoms with van der Waals surface area (Å²) < 4.78 is 5.43. The van der Waals surface area contributed by atoms with Crippen LogP contribution in [0, 0.1) is 6.92 Å². The van der Waals surface area contributed by atoms with Crippen molar-refractivity contribution in [1.82, 2.24) is 4.98 Å². The maximum absolute atomic E-state index is 12.1. The SMILES string of the molecule is Cc1ccc2cc(C3=C/C(=C/c4ccccn4)C(=O)O3)ccc2c1. The van der Waals surface area contributed by atoms with Crippen LogP contribution in [-0.2, 0) is 9.53 Å². The molecule has 1 aliphatic rings. The van der Waals surface area contributed by atoms with Gasteiger partial charge in [-0.2, -0.15) is 0 Å². The van der Waals surface area contributed by atoms with Gasteiger partial charge in [0.2, 0.25) is 0 Å². The molecular weight excluding hydrogens is 298 g/mol. The van der Waals surface area contributed by atoms with Gasteiger partial charge in [0.15, 0.2) is 0 Å². The quantitative estimate of drug-likeness (QED) is 0.515. The number of esters is 1. The molecule has 0 saturated heterocycles. The number of hydrogen-bond acceptors (Lipinski definition) is 3. The van der Waals surface area contributed by atoms with E-state index in [9.17, 15) is 4.79 Å². The van der Waals surface area contributed by atoms with Crippen molar-refractivity contribution in [2.75, 3.05) is 0 Å². The molecule has 116 valence electrons. The fourth-order valence-corrected chi connectivity index (χ4v) is 2.77. The highest BCUT2D eigenvalue weighted by atomic mass is 16.5. The van der Waals surface area contributed by atoms with Crippen molar-refractivity contribution in [3.8, 4) is 0 Å². The minimum atomic E-state index is -0.348. The second kappa shape index (κ2) is 5.78. The van der Waals surface area contributed by atoms with E-state index in [4.69, 9.17) is 4.74 Å². The number of nitrogens with zero attached hydrogens (tertiary/aromatic N) is 1. The molecular formula is C21H15NO2. The zero-order valence-corrected chi connectivity index (χ0v) is 13.2. The fraction of sp³-hybridized carbons (Fsp3) is 0.0476. The highest BCUT2D eigenvalue weighted by Gasteiger charge is 2.22. The van der Waals surface area contributed by atoms with Crippen molar-refractivity contribution >= 4 is 28.6 Å². The summed E-state index contributed by atoms with van der Waals surface area (Å²) in [7, 11) is 0. The van der Waals surface area contributed by atoms with Crippen molar-refractivity contribution in [3.63, 3.8) is 0 Å². The summed E-state index contributed by atoms with van der Waals surface area (Å²) in [4.78, 5) is 16.3. The monoisotopic (exact) mass is 313 g/mol. The number of benzene rings is 2. The molecule has 0 bridgehead atoms. The minimum Gasteiger partial charge on any atom is -0.422 e. The number of aryl methyl sites for hydroxylation is 1. The highest BCUT2D eigenvalue weighted by molar-refractivity contribution is 6.05. The molecule has 0 saturated carbocycles. The number of cyclic esters (lactones) is 1. The molecule has 3 aromatic rings. The Morgan fingerprint density at radius 1 is 1.00 bits per heavy atom. The number of pyridine rings is 1. The van der Waals surface area contributed by atoms with E-state index < -0.39 is 0 Å². The number of carbonyl (C=O) groups is 1. The van der Waals surface area contributed by atoms with Crippen LogP contribution in [0.4, 0.5) is 0 Å². The van der Waals surface area contributed by atoms with Gasteiger partial charge in [-0.05, 0) is 48.0 Å². The van der Waals surface area contributed by atoms with Crippen LogP contribution in [0.1, 0.15) is 16.8 Å². The van der Waals surface area contributed by atoms with Gasteiger partial charge in [0.05, 0.1) is 11.3 Å². The minimum absolute atomic E-state index is 0.348. The molecule has 0 amide bonds. The molecule has 3 nitrogen and oxygen atoms in total. The number of ether oxygens (including phenoxy) is 1. The first-order chi connectivity index (χ1) is 11.7. The van der Waals surface area contributed by atoms with Gasteiger partial charge in [-0.3, -0.25) is 4.98 Å². The Balaban J connectivity index is 1.72. The van der Waals surface area contributed by atoms with Gasteiger partial charge in [-0.1, -0.05) is 42.0 Å². The van der Waals surface area contributed by atoms with E-state index >= 15 is 0 Å². The van der Waals surface area contributed by atoms with Crippen LogP contribution < -0.4 is 0 Å². The first-order valence-electron chi connectivity index (χ1n) is 7.76. The van der Waals surface area contributed by atoms with Crippen LogP contribution >= 0.6 is 0 Å². The average Bonchev–Trinajstić information content (AvgIpc) is 2.96. The van der Waals surface area contributed by atoms with Gasteiger partial charge in [-0.15, -0.1) is 0 Å². The molecule has 0 N–H and O–H groups in total. The molecule has 2 heterocycles. The highest BCUT2D eigenvalue weighted by Crippen LogP contribution is 2.29. The summed E-state index contributed by atoms with van der Waals surface area (Å²) in [5.41, 5.74) is 3.36. The van der Waals surface area contributed by atoms with Gasteiger partial charge < -0.3 is 4.74 Å². The third-order valence-electron chi connectivity index (χ3n) is 4.00. The smallest absolute Gasteiger partial charge is 0.343 e. The summed E-state index contributed by atoms with van der Waals surface area (Å²) in [5.74, 6) is 0.226. The topological polar surface area (TPSA) is 39.2 Å². The molecule has 4 rings (SSSR count). The van der Waals surface area contributed by atoms with Crippen LogP contribution in [0.15, 0.2) is 72.4 Å². The van der Waals surface area contributed by atoms with E-state index in [0.29, 0.717) is 11.3 Å². The van der Waals surface area contributed by atoms with Crippen LogP contribution in [0.3, 0.4) is 0 Å². The lowest BCUT2D eigenvalue weighted by Crippen LogP contribution is -1.97. The van der Waals surface area contributed by atoms with Crippen molar-refractivity contribution in [2.45, 2.75) is 6.92 Å². The van der Waals surface area contributed by atoms with Crippen LogP contribution in [0.2, 0.25) is 0 Å². The largest absolute Gasteiger partial charge is 0.422 e. The van der Waals surface area contributed by atoms with E-state index in [-0.39, 0.29) is 5.97 Å². The second-order valence-electron chi connectivity index (χ2n) is 5.82. The molecule has 0 aliphatic carbocycles. The maximum atomic E-state index is 12.1.